The van der Waals surface area contributed by atoms with E-state index in [0.717, 1.165) is 28.2 Å². The molecule has 1 amide bonds. The standard InChI is InChI=1S/C18H29NO2S/c1-12(2)14-11-15(13(3)10-16(14)21-7)17(20)19-8-9-22-18(4,5)6/h10-12H,8-9H2,1-7H3,(H,19,20). The Kier molecular flexibility index (Phi) is 6.79. The second kappa shape index (κ2) is 7.91. The van der Waals surface area contributed by atoms with Crippen LogP contribution in [-0.2, 0) is 0 Å². The van der Waals surface area contributed by atoms with E-state index in [1.165, 1.54) is 0 Å². The number of thioether (sulfide) groups is 1. The summed E-state index contributed by atoms with van der Waals surface area (Å²) in [5.74, 6) is 2.09. The summed E-state index contributed by atoms with van der Waals surface area (Å²) in [6, 6.07) is 3.92. The summed E-state index contributed by atoms with van der Waals surface area (Å²) in [6.45, 7) is 13.4. The highest BCUT2D eigenvalue weighted by atomic mass is 32.2. The molecule has 0 aromatic heterocycles. The Morgan fingerprint density at radius 1 is 1.32 bits per heavy atom. The molecule has 1 N–H and O–H groups in total. The molecular formula is C18H29NO2S. The molecule has 4 heteroatoms. The molecule has 124 valence electrons. The van der Waals surface area contributed by atoms with E-state index in [1.54, 1.807) is 7.11 Å². The zero-order chi connectivity index (χ0) is 16.9. The lowest BCUT2D eigenvalue weighted by atomic mass is 9.96. The summed E-state index contributed by atoms with van der Waals surface area (Å²) in [6.07, 6.45) is 0. The van der Waals surface area contributed by atoms with Gasteiger partial charge < -0.3 is 10.1 Å². The van der Waals surface area contributed by atoms with E-state index >= 15 is 0 Å². The van der Waals surface area contributed by atoms with Crippen molar-refractivity contribution in [2.75, 3.05) is 19.4 Å². The third-order valence-corrected chi connectivity index (χ3v) is 4.64. The Hall–Kier alpha value is -1.16. The number of hydrogen-bond acceptors (Lipinski definition) is 3. The Balaban J connectivity index is 2.79. The second-order valence-electron chi connectivity index (χ2n) is 6.78. The Morgan fingerprint density at radius 2 is 1.95 bits per heavy atom. The largest absolute Gasteiger partial charge is 0.496 e. The minimum atomic E-state index is -0.00318. The fourth-order valence-corrected chi connectivity index (χ4v) is 3.00. The van der Waals surface area contributed by atoms with Crippen LogP contribution in [0.15, 0.2) is 12.1 Å². The molecule has 1 aromatic carbocycles. The molecule has 0 radical (unpaired) electrons. The van der Waals surface area contributed by atoms with Crippen molar-refractivity contribution in [3.8, 4) is 5.75 Å². The van der Waals surface area contributed by atoms with E-state index < -0.39 is 0 Å². The van der Waals surface area contributed by atoms with Crippen molar-refractivity contribution in [1.82, 2.24) is 5.32 Å². The van der Waals surface area contributed by atoms with Crippen molar-refractivity contribution in [1.29, 1.82) is 0 Å². The van der Waals surface area contributed by atoms with Gasteiger partial charge in [-0.05, 0) is 36.1 Å². The Labute approximate surface area is 139 Å². The van der Waals surface area contributed by atoms with Crippen molar-refractivity contribution in [3.05, 3.63) is 28.8 Å². The fourth-order valence-electron chi connectivity index (χ4n) is 2.19. The molecule has 0 atom stereocenters. The van der Waals surface area contributed by atoms with Crippen molar-refractivity contribution < 1.29 is 9.53 Å². The van der Waals surface area contributed by atoms with Crippen LogP contribution in [0.3, 0.4) is 0 Å². The van der Waals surface area contributed by atoms with Crippen LogP contribution in [0.5, 0.6) is 5.75 Å². The molecule has 0 aliphatic rings. The smallest absolute Gasteiger partial charge is 0.251 e. The van der Waals surface area contributed by atoms with E-state index in [4.69, 9.17) is 4.74 Å². The minimum Gasteiger partial charge on any atom is -0.496 e. The summed E-state index contributed by atoms with van der Waals surface area (Å²) in [4.78, 5) is 12.4. The number of aryl methyl sites for hydroxylation is 1. The first-order chi connectivity index (χ1) is 10.2. The summed E-state index contributed by atoms with van der Waals surface area (Å²) >= 11 is 1.85. The monoisotopic (exact) mass is 323 g/mol. The predicted octanol–water partition coefficient (Wildman–Crippen LogP) is 4.39. The van der Waals surface area contributed by atoms with Crippen LogP contribution in [0, 0.1) is 6.92 Å². The molecule has 0 saturated carbocycles. The molecule has 22 heavy (non-hydrogen) atoms. The number of methoxy groups -OCH3 is 1. The number of benzene rings is 1. The number of rotatable bonds is 6. The van der Waals surface area contributed by atoms with E-state index in [1.807, 2.05) is 30.8 Å². The molecule has 3 nitrogen and oxygen atoms in total. The minimum absolute atomic E-state index is 0.00318. The lowest BCUT2D eigenvalue weighted by molar-refractivity contribution is 0.0955. The van der Waals surface area contributed by atoms with Gasteiger partial charge in [-0.1, -0.05) is 34.6 Å². The topological polar surface area (TPSA) is 38.3 Å². The van der Waals surface area contributed by atoms with E-state index in [2.05, 4.69) is 39.9 Å². The maximum absolute atomic E-state index is 12.4. The number of ether oxygens (including phenoxy) is 1. The number of amides is 1. The lowest BCUT2D eigenvalue weighted by Crippen LogP contribution is -2.27. The molecule has 1 aromatic rings. The predicted molar refractivity (Wildman–Crippen MR) is 96.4 cm³/mol. The van der Waals surface area contributed by atoms with Crippen molar-refractivity contribution >= 4 is 17.7 Å². The van der Waals surface area contributed by atoms with E-state index in [9.17, 15) is 4.79 Å². The molecule has 0 saturated heterocycles. The molecule has 0 aliphatic carbocycles. The summed E-state index contributed by atoms with van der Waals surface area (Å²) in [5, 5.41) is 3.02. The quantitative estimate of drug-likeness (QED) is 0.789. The Bertz CT molecular complexity index is 519. The molecule has 0 aliphatic heterocycles. The van der Waals surface area contributed by atoms with Gasteiger partial charge in [-0.2, -0.15) is 11.8 Å². The zero-order valence-corrected chi connectivity index (χ0v) is 15.7. The molecule has 0 heterocycles. The average molecular weight is 324 g/mol. The highest BCUT2D eigenvalue weighted by molar-refractivity contribution is 8.00. The van der Waals surface area contributed by atoms with Gasteiger partial charge >= 0.3 is 0 Å². The van der Waals surface area contributed by atoms with E-state index in [0.29, 0.717) is 12.5 Å². The van der Waals surface area contributed by atoms with Gasteiger partial charge in [-0.3, -0.25) is 4.79 Å². The highest BCUT2D eigenvalue weighted by Gasteiger charge is 2.16. The SMILES string of the molecule is COc1cc(C)c(C(=O)NCCSC(C)(C)C)cc1C(C)C. The molecule has 0 spiro atoms. The van der Waals surface area contributed by atoms with Gasteiger partial charge in [0.25, 0.3) is 5.91 Å². The van der Waals surface area contributed by atoms with Gasteiger partial charge in [0.15, 0.2) is 0 Å². The number of carbonyl (C=O) groups excluding carboxylic acids is 1. The number of nitrogens with one attached hydrogen (secondary N) is 1. The first kappa shape index (κ1) is 18.9. The van der Waals surface area contributed by atoms with Crippen LogP contribution >= 0.6 is 11.8 Å². The molecular weight excluding hydrogens is 294 g/mol. The highest BCUT2D eigenvalue weighted by Crippen LogP contribution is 2.29. The van der Waals surface area contributed by atoms with Crippen LogP contribution in [0.25, 0.3) is 0 Å². The molecule has 0 unspecified atom stereocenters. The molecule has 1 rings (SSSR count). The second-order valence-corrected chi connectivity index (χ2v) is 8.70. The fraction of sp³-hybridized carbons (Fsp3) is 0.611. The number of hydrogen-bond donors (Lipinski definition) is 1. The molecule has 0 fully saturated rings. The van der Waals surface area contributed by atoms with Crippen LogP contribution in [0.2, 0.25) is 0 Å². The van der Waals surface area contributed by atoms with Crippen molar-refractivity contribution in [3.63, 3.8) is 0 Å². The first-order valence-corrected chi connectivity index (χ1v) is 8.75. The van der Waals surface area contributed by atoms with Gasteiger partial charge in [0.2, 0.25) is 0 Å². The third-order valence-electron chi connectivity index (χ3n) is 3.37. The van der Waals surface area contributed by atoms with E-state index in [-0.39, 0.29) is 10.7 Å². The van der Waals surface area contributed by atoms with Crippen LogP contribution in [-0.4, -0.2) is 30.1 Å². The maximum Gasteiger partial charge on any atom is 0.251 e. The first-order valence-electron chi connectivity index (χ1n) is 7.76. The van der Waals surface area contributed by atoms with Gasteiger partial charge in [0, 0.05) is 22.6 Å². The molecule has 0 bridgehead atoms. The summed E-state index contributed by atoms with van der Waals surface area (Å²) < 4.78 is 5.65. The maximum atomic E-state index is 12.4. The lowest BCUT2D eigenvalue weighted by Gasteiger charge is -2.18. The van der Waals surface area contributed by atoms with Gasteiger partial charge in [0.1, 0.15) is 5.75 Å². The Morgan fingerprint density at radius 3 is 2.45 bits per heavy atom. The summed E-state index contributed by atoms with van der Waals surface area (Å²) in [5.41, 5.74) is 2.76. The average Bonchev–Trinajstić information content (AvgIpc) is 2.41. The van der Waals surface area contributed by atoms with Crippen LogP contribution in [0.1, 0.15) is 62.0 Å². The normalized spacial score (nSPS) is 11.6. The van der Waals surface area contributed by atoms with Crippen molar-refractivity contribution in [2.24, 2.45) is 0 Å². The van der Waals surface area contributed by atoms with Crippen LogP contribution in [0.4, 0.5) is 0 Å². The number of carbonyl (C=O) groups is 1. The van der Waals surface area contributed by atoms with Crippen LogP contribution < -0.4 is 10.1 Å². The van der Waals surface area contributed by atoms with Gasteiger partial charge in [-0.15, -0.1) is 0 Å². The summed E-state index contributed by atoms with van der Waals surface area (Å²) in [7, 11) is 1.67. The van der Waals surface area contributed by atoms with Gasteiger partial charge in [-0.25, -0.2) is 0 Å². The van der Waals surface area contributed by atoms with Gasteiger partial charge in [0.05, 0.1) is 7.11 Å². The zero-order valence-electron chi connectivity index (χ0n) is 14.9. The third kappa shape index (κ3) is 5.56. The van der Waals surface area contributed by atoms with Crippen molar-refractivity contribution in [2.45, 2.75) is 52.2 Å².